The molecular weight excluding hydrogens is 226 g/mol. The predicted molar refractivity (Wildman–Crippen MR) is 59.9 cm³/mol. The summed E-state index contributed by atoms with van der Waals surface area (Å²) in [6.45, 7) is 0.397. The largest absolute Gasteiger partial charge is 0.330 e. The number of hydrogen-bond acceptors (Lipinski definition) is 5. The fourth-order valence-electron chi connectivity index (χ4n) is 1.59. The van der Waals surface area contributed by atoms with E-state index in [1.165, 1.54) is 6.26 Å². The standard InChI is InChI=1S/C10H15N3O2S/c1-16(14,15)10-8(4-5-11)6-12-9(13-10)7-2-3-7/h6-7H,2-5,11H2,1H3. The molecule has 0 unspecified atom stereocenters. The van der Waals surface area contributed by atoms with E-state index in [1.54, 1.807) is 6.20 Å². The molecule has 2 N–H and O–H groups in total. The van der Waals surface area contributed by atoms with Gasteiger partial charge in [0.05, 0.1) is 0 Å². The van der Waals surface area contributed by atoms with Crippen LogP contribution in [0.3, 0.4) is 0 Å². The fraction of sp³-hybridized carbons (Fsp3) is 0.600. The molecule has 1 saturated carbocycles. The average molecular weight is 241 g/mol. The lowest BCUT2D eigenvalue weighted by atomic mass is 10.2. The Kier molecular flexibility index (Phi) is 2.94. The van der Waals surface area contributed by atoms with Crippen molar-refractivity contribution in [1.29, 1.82) is 0 Å². The van der Waals surface area contributed by atoms with Crippen LogP contribution in [0.1, 0.15) is 30.1 Å². The Morgan fingerprint density at radius 1 is 1.50 bits per heavy atom. The highest BCUT2D eigenvalue weighted by Crippen LogP contribution is 2.38. The van der Waals surface area contributed by atoms with Gasteiger partial charge in [-0.2, -0.15) is 0 Å². The van der Waals surface area contributed by atoms with Gasteiger partial charge < -0.3 is 5.73 Å². The summed E-state index contributed by atoms with van der Waals surface area (Å²) in [6, 6.07) is 0. The van der Waals surface area contributed by atoms with E-state index in [1.807, 2.05) is 0 Å². The summed E-state index contributed by atoms with van der Waals surface area (Å²) in [5.74, 6) is 1.01. The Hall–Kier alpha value is -1.01. The predicted octanol–water partition coefficient (Wildman–Crippen LogP) is 0.259. The first kappa shape index (κ1) is 11.5. The highest BCUT2D eigenvalue weighted by molar-refractivity contribution is 7.90. The number of hydrogen-bond donors (Lipinski definition) is 1. The first-order valence-corrected chi connectivity index (χ1v) is 7.17. The molecule has 1 aliphatic carbocycles. The summed E-state index contributed by atoms with van der Waals surface area (Å²) in [5.41, 5.74) is 6.05. The van der Waals surface area contributed by atoms with Gasteiger partial charge in [-0.1, -0.05) is 0 Å². The number of aromatic nitrogens is 2. The van der Waals surface area contributed by atoms with E-state index in [-0.39, 0.29) is 5.03 Å². The van der Waals surface area contributed by atoms with Gasteiger partial charge in [-0.05, 0) is 25.8 Å². The third-order valence-corrected chi connectivity index (χ3v) is 3.61. The van der Waals surface area contributed by atoms with E-state index in [0.717, 1.165) is 12.8 Å². The minimum Gasteiger partial charge on any atom is -0.330 e. The van der Waals surface area contributed by atoms with Crippen LogP contribution in [0.25, 0.3) is 0 Å². The van der Waals surface area contributed by atoms with Gasteiger partial charge in [0, 0.05) is 23.9 Å². The zero-order valence-corrected chi connectivity index (χ0v) is 10.00. The molecule has 5 nitrogen and oxygen atoms in total. The van der Waals surface area contributed by atoms with Gasteiger partial charge in [-0.25, -0.2) is 18.4 Å². The third kappa shape index (κ3) is 2.38. The van der Waals surface area contributed by atoms with Crippen molar-refractivity contribution >= 4 is 9.84 Å². The van der Waals surface area contributed by atoms with Crippen LogP contribution in [0, 0.1) is 0 Å². The second-order valence-corrected chi connectivity index (χ2v) is 6.07. The van der Waals surface area contributed by atoms with E-state index >= 15 is 0 Å². The molecule has 88 valence electrons. The van der Waals surface area contributed by atoms with E-state index in [9.17, 15) is 8.42 Å². The summed E-state index contributed by atoms with van der Waals surface area (Å²) in [5, 5.41) is 0.148. The van der Waals surface area contributed by atoms with E-state index in [4.69, 9.17) is 5.73 Å². The molecule has 0 radical (unpaired) electrons. The van der Waals surface area contributed by atoms with Crippen molar-refractivity contribution < 1.29 is 8.42 Å². The fourth-order valence-corrected chi connectivity index (χ4v) is 2.48. The summed E-state index contributed by atoms with van der Waals surface area (Å²) in [6.07, 6.45) is 5.38. The molecule has 1 aliphatic rings. The molecule has 1 fully saturated rings. The molecule has 0 spiro atoms. The highest BCUT2D eigenvalue weighted by Gasteiger charge is 2.28. The van der Waals surface area contributed by atoms with E-state index in [0.29, 0.717) is 30.3 Å². The monoisotopic (exact) mass is 241 g/mol. The van der Waals surface area contributed by atoms with Crippen LogP contribution in [0.5, 0.6) is 0 Å². The zero-order chi connectivity index (χ0) is 11.8. The van der Waals surface area contributed by atoms with E-state index < -0.39 is 9.84 Å². The number of sulfone groups is 1. The molecule has 0 aromatic carbocycles. The maximum Gasteiger partial charge on any atom is 0.193 e. The van der Waals surface area contributed by atoms with Gasteiger partial charge in [-0.15, -0.1) is 0 Å². The lowest BCUT2D eigenvalue weighted by Crippen LogP contribution is -2.12. The second kappa shape index (κ2) is 4.10. The SMILES string of the molecule is CS(=O)(=O)c1nc(C2CC2)ncc1CCN. The Bertz CT molecular complexity index is 495. The van der Waals surface area contributed by atoms with Crippen LogP contribution in [-0.4, -0.2) is 31.2 Å². The average Bonchev–Trinajstić information content (AvgIpc) is 3.00. The van der Waals surface area contributed by atoms with Crippen molar-refractivity contribution in [3.63, 3.8) is 0 Å². The Morgan fingerprint density at radius 2 is 2.19 bits per heavy atom. The van der Waals surface area contributed by atoms with Crippen molar-refractivity contribution in [3.8, 4) is 0 Å². The Balaban J connectivity index is 2.46. The summed E-state index contributed by atoms with van der Waals surface area (Å²) >= 11 is 0. The zero-order valence-electron chi connectivity index (χ0n) is 9.18. The molecule has 0 aliphatic heterocycles. The molecule has 0 amide bonds. The van der Waals surface area contributed by atoms with Crippen molar-refractivity contribution in [2.45, 2.75) is 30.2 Å². The van der Waals surface area contributed by atoms with Crippen molar-refractivity contribution in [1.82, 2.24) is 9.97 Å². The van der Waals surface area contributed by atoms with Crippen LogP contribution < -0.4 is 5.73 Å². The molecule has 1 heterocycles. The van der Waals surface area contributed by atoms with Gasteiger partial charge >= 0.3 is 0 Å². The topological polar surface area (TPSA) is 85.9 Å². The molecular formula is C10H15N3O2S. The molecule has 0 atom stereocenters. The molecule has 6 heteroatoms. The van der Waals surface area contributed by atoms with Gasteiger partial charge in [0.15, 0.2) is 14.9 Å². The third-order valence-electron chi connectivity index (χ3n) is 2.55. The summed E-state index contributed by atoms with van der Waals surface area (Å²) in [7, 11) is -3.29. The molecule has 1 aromatic heterocycles. The van der Waals surface area contributed by atoms with Crippen LogP contribution in [0.15, 0.2) is 11.2 Å². The smallest absolute Gasteiger partial charge is 0.193 e. The van der Waals surface area contributed by atoms with Crippen molar-refractivity contribution in [3.05, 3.63) is 17.6 Å². The Morgan fingerprint density at radius 3 is 2.69 bits per heavy atom. The van der Waals surface area contributed by atoms with Crippen LogP contribution in [0.4, 0.5) is 0 Å². The maximum atomic E-state index is 11.6. The molecule has 16 heavy (non-hydrogen) atoms. The van der Waals surface area contributed by atoms with Crippen LogP contribution in [-0.2, 0) is 16.3 Å². The van der Waals surface area contributed by atoms with E-state index in [2.05, 4.69) is 9.97 Å². The van der Waals surface area contributed by atoms with Gasteiger partial charge in [0.2, 0.25) is 0 Å². The van der Waals surface area contributed by atoms with Gasteiger partial charge in [-0.3, -0.25) is 0 Å². The normalized spacial score (nSPS) is 16.4. The summed E-state index contributed by atoms with van der Waals surface area (Å²) < 4.78 is 23.2. The highest BCUT2D eigenvalue weighted by atomic mass is 32.2. The maximum absolute atomic E-state index is 11.6. The van der Waals surface area contributed by atoms with Gasteiger partial charge in [0.25, 0.3) is 0 Å². The quantitative estimate of drug-likeness (QED) is 0.764. The van der Waals surface area contributed by atoms with Gasteiger partial charge in [0.1, 0.15) is 5.82 Å². The number of nitrogens with zero attached hydrogens (tertiary/aromatic N) is 2. The molecule has 0 saturated heterocycles. The first-order chi connectivity index (χ1) is 7.52. The first-order valence-electron chi connectivity index (χ1n) is 5.28. The molecule has 2 rings (SSSR count). The van der Waals surface area contributed by atoms with Crippen molar-refractivity contribution in [2.24, 2.45) is 5.73 Å². The molecule has 1 aromatic rings. The minimum absolute atomic E-state index is 0.148. The van der Waals surface area contributed by atoms with Crippen LogP contribution in [0.2, 0.25) is 0 Å². The lowest BCUT2D eigenvalue weighted by molar-refractivity contribution is 0.594. The number of nitrogens with two attached hydrogens (primary N) is 1. The molecule has 0 bridgehead atoms. The van der Waals surface area contributed by atoms with Crippen molar-refractivity contribution in [2.75, 3.05) is 12.8 Å². The Labute approximate surface area is 95.0 Å². The summed E-state index contributed by atoms with van der Waals surface area (Å²) in [4.78, 5) is 8.37. The minimum atomic E-state index is -3.29. The lowest BCUT2D eigenvalue weighted by Gasteiger charge is -2.07. The van der Waals surface area contributed by atoms with Crippen LogP contribution >= 0.6 is 0 Å². The second-order valence-electron chi connectivity index (χ2n) is 4.14. The number of rotatable bonds is 4.